The number of ether oxygens (including phenoxy) is 2. The van der Waals surface area contributed by atoms with E-state index in [-0.39, 0.29) is 54.1 Å². The molecule has 2 aromatic carbocycles. The zero-order valence-electron chi connectivity index (χ0n) is 20.2. The van der Waals surface area contributed by atoms with Crippen LogP contribution in [0.25, 0.3) is 0 Å². The van der Waals surface area contributed by atoms with Crippen molar-refractivity contribution in [2.24, 2.45) is 0 Å². The Kier molecular flexibility index (Phi) is 10.4. The molecule has 0 unspecified atom stereocenters. The smallest absolute Gasteiger partial charge is 0.243 e. The highest BCUT2D eigenvalue weighted by Crippen LogP contribution is 2.31. The maximum absolute atomic E-state index is 12.7. The fraction of sp³-hybridized carbons (Fsp3) is 0.435. The Balaban J connectivity index is 1.42. The van der Waals surface area contributed by atoms with Crippen molar-refractivity contribution < 1.29 is 31.1 Å². The summed E-state index contributed by atoms with van der Waals surface area (Å²) in [7, 11) is -7.21. The van der Waals surface area contributed by atoms with Gasteiger partial charge in [0.25, 0.3) is 0 Å². The molecule has 1 fully saturated rings. The number of hydrogen-bond donors (Lipinski definition) is 1. The van der Waals surface area contributed by atoms with Crippen LogP contribution in [0.15, 0.2) is 47.4 Å². The van der Waals surface area contributed by atoms with E-state index in [0.717, 1.165) is 10.6 Å². The highest BCUT2D eigenvalue weighted by Gasteiger charge is 2.26. The standard InChI is InChI=1S/C23H29Cl2N3O7S2/c1-36(30,31)28(22-17-18(24)4-9-21(22)25)11-2-3-23(29)26-10-14-35-19-5-7-20(8-6-19)37(32,33)27-12-15-34-16-13-27/h4-9,17H,2-3,10-16H2,1H3,(H,26,29). The fourth-order valence-electron chi connectivity index (χ4n) is 3.62. The van der Waals surface area contributed by atoms with Gasteiger partial charge in [0.1, 0.15) is 12.4 Å². The van der Waals surface area contributed by atoms with Crippen LogP contribution in [-0.2, 0) is 29.6 Å². The second kappa shape index (κ2) is 13.1. The van der Waals surface area contributed by atoms with Crippen molar-refractivity contribution in [3.05, 3.63) is 52.5 Å². The maximum Gasteiger partial charge on any atom is 0.243 e. The van der Waals surface area contributed by atoms with Crippen LogP contribution >= 0.6 is 23.2 Å². The molecule has 1 aliphatic heterocycles. The number of carbonyl (C=O) groups excluding carboxylic acids is 1. The van der Waals surface area contributed by atoms with Crippen LogP contribution in [0.5, 0.6) is 5.75 Å². The summed E-state index contributed by atoms with van der Waals surface area (Å²) in [6, 6.07) is 10.6. The number of amides is 1. The number of hydrogen-bond acceptors (Lipinski definition) is 7. The number of halogens is 2. The lowest BCUT2D eigenvalue weighted by molar-refractivity contribution is -0.121. The minimum atomic E-state index is -3.63. The first kappa shape index (κ1) is 29.5. The van der Waals surface area contributed by atoms with Gasteiger partial charge in [-0.25, -0.2) is 16.8 Å². The number of nitrogens with one attached hydrogen (secondary N) is 1. The first-order valence-corrected chi connectivity index (χ1v) is 15.5. The molecule has 37 heavy (non-hydrogen) atoms. The van der Waals surface area contributed by atoms with E-state index in [1.54, 1.807) is 18.2 Å². The minimum absolute atomic E-state index is 0.0581. The number of anilines is 1. The Morgan fingerprint density at radius 2 is 1.76 bits per heavy atom. The summed E-state index contributed by atoms with van der Waals surface area (Å²) < 4.78 is 63.1. The summed E-state index contributed by atoms with van der Waals surface area (Å²) in [6.07, 6.45) is 1.42. The second-order valence-electron chi connectivity index (χ2n) is 8.22. The van der Waals surface area contributed by atoms with Crippen LogP contribution in [0.3, 0.4) is 0 Å². The van der Waals surface area contributed by atoms with Crippen LogP contribution in [-0.4, -0.2) is 79.3 Å². The molecule has 1 aliphatic rings. The highest BCUT2D eigenvalue weighted by atomic mass is 35.5. The molecule has 2 aromatic rings. The first-order chi connectivity index (χ1) is 17.5. The van der Waals surface area contributed by atoms with Gasteiger partial charge in [-0.2, -0.15) is 4.31 Å². The molecule has 0 spiro atoms. The molecular formula is C23H29Cl2N3O7S2. The van der Waals surface area contributed by atoms with Crippen molar-refractivity contribution in [3.63, 3.8) is 0 Å². The van der Waals surface area contributed by atoms with Gasteiger partial charge in [0.05, 0.1) is 41.6 Å². The topological polar surface area (TPSA) is 122 Å². The summed E-state index contributed by atoms with van der Waals surface area (Å²) in [5, 5.41) is 3.30. The Morgan fingerprint density at radius 1 is 1.08 bits per heavy atom. The normalized spacial score (nSPS) is 14.8. The average Bonchev–Trinajstić information content (AvgIpc) is 2.86. The number of benzene rings is 2. The highest BCUT2D eigenvalue weighted by molar-refractivity contribution is 7.92. The van der Waals surface area contributed by atoms with Crippen molar-refractivity contribution in [3.8, 4) is 5.75 Å². The molecule has 0 aliphatic carbocycles. The zero-order valence-corrected chi connectivity index (χ0v) is 23.4. The number of morpholine rings is 1. The molecule has 0 saturated carbocycles. The molecule has 14 heteroatoms. The van der Waals surface area contributed by atoms with Crippen LogP contribution in [0.1, 0.15) is 12.8 Å². The summed E-state index contributed by atoms with van der Waals surface area (Å²) in [5.74, 6) is 0.207. The monoisotopic (exact) mass is 593 g/mol. The van der Waals surface area contributed by atoms with E-state index >= 15 is 0 Å². The molecule has 1 amide bonds. The van der Waals surface area contributed by atoms with E-state index < -0.39 is 20.0 Å². The van der Waals surface area contributed by atoms with E-state index in [4.69, 9.17) is 32.7 Å². The molecular weight excluding hydrogens is 565 g/mol. The number of sulfonamides is 2. The first-order valence-electron chi connectivity index (χ1n) is 11.5. The third-order valence-electron chi connectivity index (χ3n) is 5.47. The summed E-state index contributed by atoms with van der Waals surface area (Å²) in [4.78, 5) is 12.4. The molecule has 204 valence electrons. The molecule has 0 radical (unpaired) electrons. The molecule has 0 atom stereocenters. The van der Waals surface area contributed by atoms with Gasteiger partial charge in [0.15, 0.2) is 0 Å². The van der Waals surface area contributed by atoms with E-state index in [1.165, 1.54) is 28.6 Å². The molecule has 1 N–H and O–H groups in total. The van der Waals surface area contributed by atoms with Crippen LogP contribution in [0, 0.1) is 0 Å². The fourth-order valence-corrected chi connectivity index (χ4v) is 6.43. The van der Waals surface area contributed by atoms with Crippen LogP contribution in [0.2, 0.25) is 10.0 Å². The Hall–Kier alpha value is -2.09. The average molecular weight is 595 g/mol. The lowest BCUT2D eigenvalue weighted by Gasteiger charge is -2.26. The lowest BCUT2D eigenvalue weighted by atomic mass is 10.2. The second-order valence-corrected chi connectivity index (χ2v) is 12.9. The quantitative estimate of drug-likeness (QED) is 0.375. The Labute approximate surface area is 227 Å². The van der Waals surface area contributed by atoms with Gasteiger partial charge in [-0.05, 0) is 48.9 Å². The SMILES string of the molecule is CS(=O)(=O)N(CCCC(=O)NCCOc1ccc(S(=O)(=O)N2CCOCC2)cc1)c1cc(Cl)ccc1Cl. The molecule has 3 rings (SSSR count). The van der Waals surface area contributed by atoms with Crippen molar-refractivity contribution in [1.82, 2.24) is 9.62 Å². The maximum atomic E-state index is 12.7. The van der Waals surface area contributed by atoms with Crippen molar-refractivity contribution in [2.75, 3.05) is 56.6 Å². The van der Waals surface area contributed by atoms with Crippen molar-refractivity contribution in [2.45, 2.75) is 17.7 Å². The minimum Gasteiger partial charge on any atom is -0.492 e. The van der Waals surface area contributed by atoms with Gasteiger partial charge in [0, 0.05) is 31.1 Å². The third kappa shape index (κ3) is 8.45. The van der Waals surface area contributed by atoms with E-state index in [9.17, 15) is 21.6 Å². The van der Waals surface area contributed by atoms with Gasteiger partial charge < -0.3 is 14.8 Å². The Bertz CT molecular complexity index is 1280. The third-order valence-corrected chi connectivity index (χ3v) is 9.11. The molecule has 10 nitrogen and oxygen atoms in total. The zero-order chi connectivity index (χ0) is 27.1. The van der Waals surface area contributed by atoms with E-state index in [2.05, 4.69) is 5.32 Å². The summed E-state index contributed by atoms with van der Waals surface area (Å²) in [6.45, 7) is 1.85. The molecule has 0 bridgehead atoms. The van der Waals surface area contributed by atoms with Gasteiger partial charge >= 0.3 is 0 Å². The van der Waals surface area contributed by atoms with Crippen LogP contribution < -0.4 is 14.4 Å². The van der Waals surface area contributed by atoms with E-state index in [0.29, 0.717) is 37.1 Å². The van der Waals surface area contributed by atoms with Crippen molar-refractivity contribution in [1.29, 1.82) is 0 Å². The Morgan fingerprint density at radius 3 is 2.41 bits per heavy atom. The molecule has 1 saturated heterocycles. The van der Waals surface area contributed by atoms with Gasteiger partial charge in [0.2, 0.25) is 26.0 Å². The molecule has 1 heterocycles. The van der Waals surface area contributed by atoms with Gasteiger partial charge in [-0.3, -0.25) is 9.10 Å². The van der Waals surface area contributed by atoms with E-state index in [1.807, 2.05) is 0 Å². The number of carbonyl (C=O) groups is 1. The summed E-state index contributed by atoms with van der Waals surface area (Å²) in [5.41, 5.74) is 0.259. The number of nitrogens with zero attached hydrogens (tertiary/aromatic N) is 2. The van der Waals surface area contributed by atoms with Crippen LogP contribution in [0.4, 0.5) is 5.69 Å². The molecule has 0 aromatic heterocycles. The largest absolute Gasteiger partial charge is 0.492 e. The summed E-state index contributed by atoms with van der Waals surface area (Å²) >= 11 is 12.1. The number of rotatable bonds is 12. The lowest BCUT2D eigenvalue weighted by Crippen LogP contribution is -2.40. The predicted molar refractivity (Wildman–Crippen MR) is 142 cm³/mol. The van der Waals surface area contributed by atoms with Crippen molar-refractivity contribution >= 4 is 54.8 Å². The van der Waals surface area contributed by atoms with Gasteiger partial charge in [-0.1, -0.05) is 23.2 Å². The van der Waals surface area contributed by atoms with Gasteiger partial charge in [-0.15, -0.1) is 0 Å². The predicted octanol–water partition coefficient (Wildman–Crippen LogP) is 2.76.